The molecule has 2 nitrogen and oxygen atoms in total. The Morgan fingerprint density at radius 3 is 1.93 bits per heavy atom. The van der Waals surface area contributed by atoms with Gasteiger partial charge in [0.05, 0.1) is 6.61 Å². The monoisotopic (exact) mass is 405 g/mol. The Morgan fingerprint density at radius 1 is 0.900 bits per heavy atom. The van der Waals surface area contributed by atoms with Gasteiger partial charge in [0.1, 0.15) is 5.75 Å². The predicted molar refractivity (Wildman–Crippen MR) is 129 cm³/mol. The highest BCUT2D eigenvalue weighted by Gasteiger charge is 2.43. The zero-order valence-electron chi connectivity index (χ0n) is 19.7. The highest BCUT2D eigenvalue weighted by atomic mass is 16.5. The van der Waals surface area contributed by atoms with E-state index in [9.17, 15) is 0 Å². The number of unbranched alkanes of at least 4 members (excludes halogenated alkanes) is 1. The molecule has 0 aromatic heterocycles. The molecule has 1 fully saturated rings. The van der Waals surface area contributed by atoms with Crippen LogP contribution in [0.1, 0.15) is 78.7 Å². The molecule has 0 radical (unpaired) electrons. The van der Waals surface area contributed by atoms with E-state index < -0.39 is 0 Å². The fourth-order valence-electron chi connectivity index (χ4n) is 5.11. The summed E-state index contributed by atoms with van der Waals surface area (Å²) in [5, 5.41) is 0. The topological polar surface area (TPSA) is 12.5 Å². The van der Waals surface area contributed by atoms with Crippen molar-refractivity contribution in [1.82, 2.24) is 4.90 Å². The Hall–Kier alpha value is -2.22. The largest absolute Gasteiger partial charge is 0.494 e. The summed E-state index contributed by atoms with van der Waals surface area (Å²) < 4.78 is 5.79. The Bertz CT molecular complexity index is 812. The highest BCUT2D eigenvalue weighted by Crippen LogP contribution is 2.46. The molecule has 3 rings (SSSR count). The quantitative estimate of drug-likeness (QED) is 0.436. The van der Waals surface area contributed by atoms with Gasteiger partial charge in [-0.25, -0.2) is 0 Å². The normalized spacial score (nSPS) is 18.7. The molecule has 1 aliphatic heterocycles. The fourth-order valence-corrected chi connectivity index (χ4v) is 5.11. The number of rotatable bonds is 7. The van der Waals surface area contributed by atoms with Crippen molar-refractivity contribution in [3.8, 4) is 16.9 Å². The summed E-state index contributed by atoms with van der Waals surface area (Å²) in [5.74, 6) is 1.54. The van der Waals surface area contributed by atoms with Crippen molar-refractivity contribution in [2.75, 3.05) is 6.61 Å². The molecule has 0 saturated carbocycles. The van der Waals surface area contributed by atoms with Gasteiger partial charge in [0.2, 0.25) is 0 Å². The van der Waals surface area contributed by atoms with Crippen molar-refractivity contribution in [1.29, 1.82) is 0 Å². The lowest BCUT2D eigenvalue weighted by Gasteiger charge is -2.55. The first-order valence-electron chi connectivity index (χ1n) is 11.5. The summed E-state index contributed by atoms with van der Waals surface area (Å²) >= 11 is 0. The molecule has 1 aliphatic rings. The van der Waals surface area contributed by atoms with Crippen molar-refractivity contribution in [2.24, 2.45) is 0 Å². The SMILES string of the molecule is C/C=C/N1C(C)(C)CC(c2ccc(-c3ccc(OCCCC)cc3)cc2)CC1(C)C. The second-order valence-corrected chi connectivity index (χ2v) is 9.93. The molecule has 30 heavy (non-hydrogen) atoms. The predicted octanol–water partition coefficient (Wildman–Crippen LogP) is 7.80. The summed E-state index contributed by atoms with van der Waals surface area (Å²) in [6, 6.07) is 17.7. The van der Waals surface area contributed by atoms with Crippen LogP contribution < -0.4 is 4.74 Å². The van der Waals surface area contributed by atoms with Crippen LogP contribution in [0.2, 0.25) is 0 Å². The zero-order valence-corrected chi connectivity index (χ0v) is 19.7. The van der Waals surface area contributed by atoms with Crippen LogP contribution in [0, 0.1) is 0 Å². The van der Waals surface area contributed by atoms with Gasteiger partial charge in [-0.05, 0) is 94.8 Å². The minimum atomic E-state index is 0.144. The molecular formula is C28H39NO. The maximum atomic E-state index is 5.79. The highest BCUT2D eigenvalue weighted by molar-refractivity contribution is 5.64. The van der Waals surface area contributed by atoms with Crippen molar-refractivity contribution < 1.29 is 4.74 Å². The van der Waals surface area contributed by atoms with E-state index in [4.69, 9.17) is 4.74 Å². The Balaban J connectivity index is 1.73. The van der Waals surface area contributed by atoms with Gasteiger partial charge in [-0.15, -0.1) is 0 Å². The maximum Gasteiger partial charge on any atom is 0.119 e. The first-order chi connectivity index (χ1) is 14.3. The van der Waals surface area contributed by atoms with Crippen LogP contribution in [-0.4, -0.2) is 22.6 Å². The van der Waals surface area contributed by atoms with Gasteiger partial charge in [-0.3, -0.25) is 0 Å². The van der Waals surface area contributed by atoms with E-state index in [0.29, 0.717) is 5.92 Å². The minimum Gasteiger partial charge on any atom is -0.494 e. The molecule has 1 heterocycles. The third-order valence-corrected chi connectivity index (χ3v) is 6.43. The van der Waals surface area contributed by atoms with Gasteiger partial charge in [0, 0.05) is 11.1 Å². The zero-order chi connectivity index (χ0) is 21.8. The number of hydrogen-bond acceptors (Lipinski definition) is 2. The molecule has 1 saturated heterocycles. The van der Waals surface area contributed by atoms with Crippen LogP contribution in [0.25, 0.3) is 11.1 Å². The van der Waals surface area contributed by atoms with Crippen molar-refractivity contribution in [3.05, 3.63) is 66.4 Å². The molecule has 0 bridgehead atoms. The Morgan fingerprint density at radius 2 is 1.43 bits per heavy atom. The van der Waals surface area contributed by atoms with Crippen LogP contribution >= 0.6 is 0 Å². The Labute approximate surface area is 184 Å². The summed E-state index contributed by atoms with van der Waals surface area (Å²) in [5.41, 5.74) is 4.26. The van der Waals surface area contributed by atoms with Gasteiger partial charge in [0.25, 0.3) is 0 Å². The smallest absolute Gasteiger partial charge is 0.119 e. The summed E-state index contributed by atoms with van der Waals surface area (Å²) in [7, 11) is 0. The fraction of sp³-hybridized carbons (Fsp3) is 0.500. The van der Waals surface area contributed by atoms with E-state index in [0.717, 1.165) is 25.2 Å². The van der Waals surface area contributed by atoms with Crippen LogP contribution in [0.4, 0.5) is 0 Å². The molecule has 2 aromatic rings. The lowest BCUT2D eigenvalue weighted by Crippen LogP contribution is -2.57. The molecule has 0 unspecified atom stereocenters. The van der Waals surface area contributed by atoms with E-state index >= 15 is 0 Å². The number of piperidine rings is 1. The first-order valence-corrected chi connectivity index (χ1v) is 11.5. The second-order valence-electron chi connectivity index (χ2n) is 9.93. The summed E-state index contributed by atoms with van der Waals surface area (Å²) in [6.07, 6.45) is 9.04. The first kappa shape index (κ1) is 22.5. The number of hydrogen-bond donors (Lipinski definition) is 0. The average molecular weight is 406 g/mol. The second kappa shape index (κ2) is 9.29. The van der Waals surface area contributed by atoms with E-state index in [-0.39, 0.29) is 11.1 Å². The van der Waals surface area contributed by atoms with Crippen molar-refractivity contribution >= 4 is 0 Å². The third kappa shape index (κ3) is 5.09. The van der Waals surface area contributed by atoms with E-state index in [1.807, 2.05) is 0 Å². The molecule has 0 atom stereocenters. The lowest BCUT2D eigenvalue weighted by atomic mass is 9.71. The number of ether oxygens (including phenoxy) is 1. The van der Waals surface area contributed by atoms with Crippen LogP contribution in [0.15, 0.2) is 60.8 Å². The number of allylic oxidation sites excluding steroid dienone is 1. The van der Waals surface area contributed by atoms with Crippen LogP contribution in [-0.2, 0) is 0 Å². The van der Waals surface area contributed by atoms with Gasteiger partial charge >= 0.3 is 0 Å². The number of nitrogens with zero attached hydrogens (tertiary/aromatic N) is 1. The van der Waals surface area contributed by atoms with E-state index in [2.05, 4.69) is 107 Å². The minimum absolute atomic E-state index is 0.144. The molecule has 0 spiro atoms. The van der Waals surface area contributed by atoms with Crippen molar-refractivity contribution in [3.63, 3.8) is 0 Å². The number of likely N-dealkylation sites (tertiary alicyclic amines) is 1. The Kier molecular flexibility index (Phi) is 6.95. The molecule has 0 amide bonds. The number of benzene rings is 2. The summed E-state index contributed by atoms with van der Waals surface area (Å²) in [4.78, 5) is 2.55. The standard InChI is InChI=1S/C28H39NO/c1-7-9-19-30-26-16-14-23(15-17-26)22-10-12-24(13-11-22)25-20-27(3,4)29(18-8-2)28(5,6)21-25/h8,10-18,25H,7,9,19-21H2,1-6H3/b18-8+. The van der Waals surface area contributed by atoms with Gasteiger partial charge in [-0.2, -0.15) is 0 Å². The molecule has 0 aliphatic carbocycles. The molecule has 162 valence electrons. The van der Waals surface area contributed by atoms with E-state index in [1.54, 1.807) is 0 Å². The molecule has 0 N–H and O–H groups in total. The maximum absolute atomic E-state index is 5.79. The van der Waals surface area contributed by atoms with Crippen LogP contribution in [0.5, 0.6) is 5.75 Å². The third-order valence-electron chi connectivity index (χ3n) is 6.43. The lowest BCUT2D eigenvalue weighted by molar-refractivity contribution is 0.00728. The molecule has 2 aromatic carbocycles. The van der Waals surface area contributed by atoms with Gasteiger partial charge < -0.3 is 9.64 Å². The van der Waals surface area contributed by atoms with Gasteiger partial charge in [0.15, 0.2) is 0 Å². The van der Waals surface area contributed by atoms with Crippen LogP contribution in [0.3, 0.4) is 0 Å². The molecular weight excluding hydrogens is 366 g/mol. The summed E-state index contributed by atoms with van der Waals surface area (Å²) in [6.45, 7) is 14.6. The molecule has 2 heteroatoms. The van der Waals surface area contributed by atoms with Gasteiger partial charge in [-0.1, -0.05) is 55.8 Å². The average Bonchev–Trinajstić information content (AvgIpc) is 2.71. The van der Waals surface area contributed by atoms with Crippen molar-refractivity contribution in [2.45, 2.75) is 84.2 Å². The van der Waals surface area contributed by atoms with E-state index in [1.165, 1.54) is 29.5 Å².